The Labute approximate surface area is 70.8 Å². The molecule has 1 aliphatic heterocycles. The topological polar surface area (TPSA) is 95.9 Å². The molecule has 0 aromatic carbocycles. The predicted molar refractivity (Wildman–Crippen MR) is 41.2 cm³/mol. The van der Waals surface area contributed by atoms with Crippen LogP contribution in [-0.4, -0.2) is 46.0 Å². The third-order valence-corrected chi connectivity index (χ3v) is 2.17. The fourth-order valence-corrected chi connectivity index (χ4v) is 1.30. The molecule has 5 atom stereocenters. The van der Waals surface area contributed by atoms with Gasteiger partial charge in [-0.3, -0.25) is 0 Å². The van der Waals surface area contributed by atoms with E-state index in [-0.39, 0.29) is 0 Å². The van der Waals surface area contributed by atoms with Crippen LogP contribution in [0.25, 0.3) is 0 Å². The molecule has 5 nitrogen and oxygen atoms in total. The molecule has 1 saturated heterocycles. The zero-order valence-electron chi connectivity index (χ0n) is 6.92. The smallest absolute Gasteiger partial charge is 0.172 e. The number of aliphatic hydroxyl groups is 3. The number of nitrogens with two attached hydrogens (primary N) is 1. The fourth-order valence-electron chi connectivity index (χ4n) is 1.30. The van der Waals surface area contributed by atoms with Crippen LogP contribution in [-0.2, 0) is 4.74 Å². The van der Waals surface area contributed by atoms with E-state index in [0.29, 0.717) is 6.42 Å². The molecule has 0 spiro atoms. The normalized spacial score (nSPS) is 49.2. The van der Waals surface area contributed by atoms with Crippen molar-refractivity contribution in [2.45, 2.75) is 44.0 Å². The molecule has 0 amide bonds. The second-order valence-electron chi connectivity index (χ2n) is 3.03. The van der Waals surface area contributed by atoms with Crippen LogP contribution in [0.1, 0.15) is 13.3 Å². The van der Waals surface area contributed by atoms with Gasteiger partial charge in [-0.15, -0.1) is 0 Å². The monoisotopic (exact) mass is 177 g/mol. The Bertz CT molecular complexity index is 150. The maximum Gasteiger partial charge on any atom is 0.172 e. The summed E-state index contributed by atoms with van der Waals surface area (Å²) < 4.78 is 4.95. The Balaban J connectivity index is 2.63. The van der Waals surface area contributed by atoms with Gasteiger partial charge in [-0.25, -0.2) is 0 Å². The van der Waals surface area contributed by atoms with E-state index < -0.39 is 30.6 Å². The summed E-state index contributed by atoms with van der Waals surface area (Å²) in [6, 6.07) is -0.928. The van der Waals surface area contributed by atoms with E-state index in [0.717, 1.165) is 0 Å². The number of ether oxygens (including phenoxy) is 1. The SMILES string of the molecule is CC[C@@H]1O[C@H](O)[C@@H](N)[C@@H](O)[C@H]1O. The highest BCUT2D eigenvalue weighted by molar-refractivity contribution is 4.90. The van der Waals surface area contributed by atoms with Gasteiger partial charge in [0.15, 0.2) is 6.29 Å². The van der Waals surface area contributed by atoms with Gasteiger partial charge in [-0.05, 0) is 6.42 Å². The highest BCUT2D eigenvalue weighted by Gasteiger charge is 2.40. The zero-order valence-corrected chi connectivity index (χ0v) is 6.92. The molecule has 0 aliphatic carbocycles. The van der Waals surface area contributed by atoms with Gasteiger partial charge < -0.3 is 25.8 Å². The van der Waals surface area contributed by atoms with Crippen molar-refractivity contribution in [2.75, 3.05) is 0 Å². The summed E-state index contributed by atoms with van der Waals surface area (Å²) >= 11 is 0. The van der Waals surface area contributed by atoms with Crippen molar-refractivity contribution >= 4 is 0 Å². The van der Waals surface area contributed by atoms with Crippen LogP contribution in [0.5, 0.6) is 0 Å². The molecule has 1 rings (SSSR count). The van der Waals surface area contributed by atoms with Crippen LogP contribution in [0.3, 0.4) is 0 Å². The second-order valence-corrected chi connectivity index (χ2v) is 3.03. The minimum atomic E-state index is -1.19. The van der Waals surface area contributed by atoms with E-state index >= 15 is 0 Å². The molecule has 72 valence electrons. The molecular weight excluding hydrogens is 162 g/mol. The second kappa shape index (κ2) is 3.68. The van der Waals surface area contributed by atoms with E-state index in [1.54, 1.807) is 6.92 Å². The van der Waals surface area contributed by atoms with Crippen molar-refractivity contribution in [3.8, 4) is 0 Å². The molecular formula is C7H15NO4. The van der Waals surface area contributed by atoms with E-state index in [9.17, 15) is 10.2 Å². The average Bonchev–Trinajstić information content (AvgIpc) is 2.08. The summed E-state index contributed by atoms with van der Waals surface area (Å²) in [6.07, 6.45) is -3.31. The third kappa shape index (κ3) is 1.60. The Morgan fingerprint density at radius 3 is 2.33 bits per heavy atom. The van der Waals surface area contributed by atoms with Crippen LogP contribution in [0.15, 0.2) is 0 Å². The number of hydrogen-bond donors (Lipinski definition) is 4. The highest BCUT2D eigenvalue weighted by atomic mass is 16.6. The lowest BCUT2D eigenvalue weighted by molar-refractivity contribution is -0.242. The Morgan fingerprint density at radius 1 is 1.25 bits per heavy atom. The lowest BCUT2D eigenvalue weighted by Crippen LogP contribution is -2.60. The minimum Gasteiger partial charge on any atom is -0.388 e. The molecule has 1 heterocycles. The molecule has 0 saturated carbocycles. The van der Waals surface area contributed by atoms with Gasteiger partial charge >= 0.3 is 0 Å². The van der Waals surface area contributed by atoms with Crippen LogP contribution < -0.4 is 5.73 Å². The predicted octanol–water partition coefficient (Wildman–Crippen LogP) is -1.84. The average molecular weight is 177 g/mol. The van der Waals surface area contributed by atoms with Crippen molar-refractivity contribution in [1.82, 2.24) is 0 Å². The van der Waals surface area contributed by atoms with Crippen LogP contribution in [0.4, 0.5) is 0 Å². The van der Waals surface area contributed by atoms with Crippen molar-refractivity contribution in [1.29, 1.82) is 0 Å². The van der Waals surface area contributed by atoms with Gasteiger partial charge in [0, 0.05) is 0 Å². The molecule has 0 bridgehead atoms. The van der Waals surface area contributed by atoms with Crippen molar-refractivity contribution in [3.63, 3.8) is 0 Å². The van der Waals surface area contributed by atoms with Gasteiger partial charge in [-0.2, -0.15) is 0 Å². The summed E-state index contributed by atoms with van der Waals surface area (Å²) in [5.41, 5.74) is 5.34. The first-order valence-electron chi connectivity index (χ1n) is 4.03. The third-order valence-electron chi connectivity index (χ3n) is 2.17. The first-order chi connectivity index (χ1) is 5.57. The maximum absolute atomic E-state index is 9.36. The number of rotatable bonds is 1. The van der Waals surface area contributed by atoms with Crippen LogP contribution in [0.2, 0.25) is 0 Å². The fraction of sp³-hybridized carbons (Fsp3) is 1.00. The summed E-state index contributed by atoms with van der Waals surface area (Å²) in [7, 11) is 0. The van der Waals surface area contributed by atoms with E-state index in [1.165, 1.54) is 0 Å². The lowest BCUT2D eigenvalue weighted by atomic mass is 9.96. The van der Waals surface area contributed by atoms with E-state index in [4.69, 9.17) is 15.6 Å². The van der Waals surface area contributed by atoms with Crippen LogP contribution >= 0.6 is 0 Å². The molecule has 5 heteroatoms. The summed E-state index contributed by atoms with van der Waals surface area (Å²) in [5.74, 6) is 0. The van der Waals surface area contributed by atoms with Crippen LogP contribution in [0, 0.1) is 0 Å². The first-order valence-corrected chi connectivity index (χ1v) is 4.03. The highest BCUT2D eigenvalue weighted by Crippen LogP contribution is 2.20. The quantitative estimate of drug-likeness (QED) is 0.377. The van der Waals surface area contributed by atoms with Gasteiger partial charge in [0.1, 0.15) is 12.2 Å². The summed E-state index contributed by atoms with van der Waals surface area (Å²) in [5, 5.41) is 27.8. The van der Waals surface area contributed by atoms with Crippen molar-refractivity contribution in [3.05, 3.63) is 0 Å². The standard InChI is InChI=1S/C7H15NO4/c1-2-3-5(9)6(10)4(8)7(11)12-3/h3-7,9-11H,2,8H2,1H3/t3-,4-,5-,6+,7-/m0/s1. The molecule has 0 unspecified atom stereocenters. The largest absolute Gasteiger partial charge is 0.388 e. The Hall–Kier alpha value is -0.200. The molecule has 0 aromatic heterocycles. The molecule has 1 fully saturated rings. The lowest BCUT2D eigenvalue weighted by Gasteiger charge is -2.38. The maximum atomic E-state index is 9.36. The van der Waals surface area contributed by atoms with Gasteiger partial charge in [0.2, 0.25) is 0 Å². The molecule has 0 aromatic rings. The summed E-state index contributed by atoms with van der Waals surface area (Å²) in [6.45, 7) is 1.80. The minimum absolute atomic E-state index is 0.530. The van der Waals surface area contributed by atoms with Gasteiger partial charge in [-0.1, -0.05) is 6.92 Å². The molecule has 0 radical (unpaired) electrons. The zero-order chi connectivity index (χ0) is 9.30. The van der Waals surface area contributed by atoms with Gasteiger partial charge in [0.05, 0.1) is 12.1 Å². The Kier molecular flexibility index (Phi) is 3.03. The summed E-state index contributed by atoms with van der Waals surface area (Å²) in [4.78, 5) is 0. The van der Waals surface area contributed by atoms with Gasteiger partial charge in [0.25, 0.3) is 0 Å². The van der Waals surface area contributed by atoms with E-state index in [2.05, 4.69) is 0 Å². The first kappa shape index (κ1) is 9.88. The van der Waals surface area contributed by atoms with E-state index in [1.807, 2.05) is 0 Å². The number of aliphatic hydroxyl groups excluding tert-OH is 3. The molecule has 1 aliphatic rings. The number of hydrogen-bond acceptors (Lipinski definition) is 5. The molecule has 5 N–H and O–H groups in total. The molecule has 12 heavy (non-hydrogen) atoms. The van der Waals surface area contributed by atoms with Crippen molar-refractivity contribution in [2.24, 2.45) is 5.73 Å². The Morgan fingerprint density at radius 2 is 1.83 bits per heavy atom. The van der Waals surface area contributed by atoms with Crippen molar-refractivity contribution < 1.29 is 20.1 Å².